The van der Waals surface area contributed by atoms with Gasteiger partial charge in [-0.25, -0.2) is 8.42 Å². The van der Waals surface area contributed by atoms with Crippen LogP contribution in [0.25, 0.3) is 0 Å². The number of hydrogen-bond acceptors (Lipinski definition) is 4. The van der Waals surface area contributed by atoms with Crippen LogP contribution in [0, 0.1) is 0 Å². The van der Waals surface area contributed by atoms with E-state index >= 15 is 0 Å². The van der Waals surface area contributed by atoms with E-state index in [-0.39, 0.29) is 17.2 Å². The van der Waals surface area contributed by atoms with E-state index in [1.54, 1.807) is 13.1 Å². The molecule has 0 unspecified atom stereocenters. The minimum atomic E-state index is -3.87. The maximum absolute atomic E-state index is 12.2. The zero-order valence-corrected chi connectivity index (χ0v) is 11.8. The number of anilines is 1. The van der Waals surface area contributed by atoms with Crippen LogP contribution in [-0.2, 0) is 26.0 Å². The number of nitrogens with zero attached hydrogens (tertiary/aromatic N) is 2. The molecule has 108 valence electrons. The monoisotopic (exact) mass is 298 g/mol. The van der Waals surface area contributed by atoms with Crippen molar-refractivity contribution in [2.45, 2.75) is 11.3 Å². The number of benzene rings is 1. The molecule has 0 spiro atoms. The van der Waals surface area contributed by atoms with Crippen molar-refractivity contribution in [1.82, 2.24) is 4.31 Å². The molecule has 0 saturated carbocycles. The Hall–Kier alpha value is -1.93. The number of carbonyl (C=O) groups is 2. The van der Waals surface area contributed by atoms with Gasteiger partial charge in [-0.05, 0) is 23.8 Å². The van der Waals surface area contributed by atoms with E-state index in [0.717, 1.165) is 4.31 Å². The summed E-state index contributed by atoms with van der Waals surface area (Å²) in [5.74, 6) is -1.33. The van der Waals surface area contributed by atoms with Gasteiger partial charge in [0.2, 0.25) is 15.9 Å². The molecule has 0 radical (unpaired) electrons. The van der Waals surface area contributed by atoms with Crippen LogP contribution >= 0.6 is 0 Å². The lowest BCUT2D eigenvalue weighted by atomic mass is 10.2. The van der Waals surface area contributed by atoms with Crippen molar-refractivity contribution in [2.75, 3.05) is 25.5 Å². The quantitative estimate of drug-likeness (QED) is 0.838. The number of aliphatic carboxylic acids is 1. The smallest absolute Gasteiger partial charge is 0.318 e. The van der Waals surface area contributed by atoms with Crippen molar-refractivity contribution in [1.29, 1.82) is 0 Å². The molecule has 1 aromatic carbocycles. The topological polar surface area (TPSA) is 95.0 Å². The van der Waals surface area contributed by atoms with E-state index < -0.39 is 22.5 Å². The van der Waals surface area contributed by atoms with Gasteiger partial charge in [0.1, 0.15) is 6.54 Å². The number of sulfonamides is 1. The van der Waals surface area contributed by atoms with Gasteiger partial charge >= 0.3 is 5.97 Å². The SMILES string of the molecule is CN1C(=O)Cc2cc(S(=O)(=O)N(C)CC(=O)O)ccc21. The van der Waals surface area contributed by atoms with E-state index in [1.165, 1.54) is 24.1 Å². The molecule has 0 aromatic heterocycles. The average Bonchev–Trinajstić information content (AvgIpc) is 2.63. The number of carboxylic acids is 1. The Morgan fingerprint density at radius 3 is 2.70 bits per heavy atom. The fourth-order valence-electron chi connectivity index (χ4n) is 2.06. The van der Waals surface area contributed by atoms with Crippen LogP contribution in [0.5, 0.6) is 0 Å². The fourth-order valence-corrected chi connectivity index (χ4v) is 3.23. The molecule has 1 heterocycles. The maximum atomic E-state index is 12.2. The van der Waals surface area contributed by atoms with Gasteiger partial charge in [0.15, 0.2) is 0 Å². The van der Waals surface area contributed by atoms with Gasteiger partial charge in [0.25, 0.3) is 0 Å². The van der Waals surface area contributed by atoms with Crippen LogP contribution in [0.15, 0.2) is 23.1 Å². The first kappa shape index (κ1) is 14.5. The lowest BCUT2D eigenvalue weighted by Gasteiger charge is -2.16. The van der Waals surface area contributed by atoms with Crippen molar-refractivity contribution < 1.29 is 23.1 Å². The summed E-state index contributed by atoms with van der Waals surface area (Å²) >= 11 is 0. The summed E-state index contributed by atoms with van der Waals surface area (Å²) in [6.07, 6.45) is 0.151. The Balaban J connectivity index is 2.38. The summed E-state index contributed by atoms with van der Waals surface area (Å²) in [4.78, 5) is 23.6. The first-order chi connectivity index (χ1) is 9.23. The lowest BCUT2D eigenvalue weighted by Crippen LogP contribution is -2.32. The summed E-state index contributed by atoms with van der Waals surface area (Å²) in [7, 11) is -1.04. The highest BCUT2D eigenvalue weighted by Crippen LogP contribution is 2.30. The molecule has 20 heavy (non-hydrogen) atoms. The van der Waals surface area contributed by atoms with Crippen LogP contribution < -0.4 is 4.90 Å². The molecular formula is C12H14N2O5S. The first-order valence-corrected chi connectivity index (χ1v) is 7.25. The Bertz CT molecular complexity index is 683. The van der Waals surface area contributed by atoms with Crippen LogP contribution in [-0.4, -0.2) is 50.3 Å². The lowest BCUT2D eigenvalue weighted by molar-refractivity contribution is -0.137. The van der Waals surface area contributed by atoms with Crippen LogP contribution in [0.2, 0.25) is 0 Å². The van der Waals surface area contributed by atoms with Crippen LogP contribution in [0.3, 0.4) is 0 Å². The zero-order valence-electron chi connectivity index (χ0n) is 11.0. The molecule has 7 nitrogen and oxygen atoms in total. The Morgan fingerprint density at radius 2 is 2.10 bits per heavy atom. The molecule has 0 saturated heterocycles. The molecule has 1 aromatic rings. The van der Waals surface area contributed by atoms with E-state index in [2.05, 4.69) is 0 Å². The fraction of sp³-hybridized carbons (Fsp3) is 0.333. The number of rotatable bonds is 4. The number of amides is 1. The molecule has 2 rings (SSSR count). The molecule has 1 aliphatic rings. The maximum Gasteiger partial charge on any atom is 0.318 e. The molecule has 1 N–H and O–H groups in total. The first-order valence-electron chi connectivity index (χ1n) is 5.81. The van der Waals surface area contributed by atoms with Crippen molar-refractivity contribution in [3.8, 4) is 0 Å². The molecule has 0 bridgehead atoms. The zero-order chi connectivity index (χ0) is 15.1. The second-order valence-corrected chi connectivity index (χ2v) is 6.62. The Labute approximate surface area is 116 Å². The highest BCUT2D eigenvalue weighted by Gasteiger charge is 2.28. The van der Waals surface area contributed by atoms with Crippen molar-refractivity contribution in [3.63, 3.8) is 0 Å². The summed E-state index contributed by atoms with van der Waals surface area (Å²) in [5, 5.41) is 8.66. The molecule has 0 fully saturated rings. The van der Waals surface area contributed by atoms with Crippen LogP contribution in [0.1, 0.15) is 5.56 Å². The Kier molecular flexibility index (Phi) is 3.53. The molecule has 0 aliphatic carbocycles. The number of hydrogen-bond donors (Lipinski definition) is 1. The van der Waals surface area contributed by atoms with Gasteiger partial charge in [-0.1, -0.05) is 0 Å². The minimum absolute atomic E-state index is 0.0110. The van der Waals surface area contributed by atoms with Crippen molar-refractivity contribution in [2.24, 2.45) is 0 Å². The third-order valence-electron chi connectivity index (χ3n) is 3.19. The largest absolute Gasteiger partial charge is 0.480 e. The van der Waals surface area contributed by atoms with Gasteiger partial charge < -0.3 is 10.0 Å². The summed E-state index contributed by atoms with van der Waals surface area (Å²) in [5.41, 5.74) is 1.30. The summed E-state index contributed by atoms with van der Waals surface area (Å²) in [6.45, 7) is -0.613. The number of likely N-dealkylation sites (N-methyl/N-ethyl adjacent to an activating group) is 2. The van der Waals surface area contributed by atoms with Gasteiger partial charge in [-0.3, -0.25) is 9.59 Å². The van der Waals surface area contributed by atoms with Gasteiger partial charge in [0.05, 0.1) is 11.3 Å². The average molecular weight is 298 g/mol. The number of fused-ring (bicyclic) bond motifs is 1. The van der Waals surface area contributed by atoms with E-state index in [0.29, 0.717) is 11.3 Å². The second kappa shape index (κ2) is 4.88. The standard InChI is InChI=1S/C12H14N2O5S/c1-13(7-12(16)17)20(18,19)9-3-4-10-8(5-9)6-11(15)14(10)2/h3-5H,6-7H2,1-2H3,(H,16,17). The third-order valence-corrected chi connectivity index (χ3v) is 4.99. The molecule has 8 heteroatoms. The van der Waals surface area contributed by atoms with E-state index in [1.807, 2.05) is 0 Å². The molecule has 0 atom stereocenters. The van der Waals surface area contributed by atoms with Gasteiger partial charge in [-0.2, -0.15) is 4.31 Å². The van der Waals surface area contributed by atoms with E-state index in [4.69, 9.17) is 5.11 Å². The van der Waals surface area contributed by atoms with Crippen molar-refractivity contribution >= 4 is 27.6 Å². The highest BCUT2D eigenvalue weighted by molar-refractivity contribution is 7.89. The normalized spacial score (nSPS) is 14.8. The highest BCUT2D eigenvalue weighted by atomic mass is 32.2. The van der Waals surface area contributed by atoms with Crippen molar-refractivity contribution in [3.05, 3.63) is 23.8 Å². The Morgan fingerprint density at radius 1 is 1.45 bits per heavy atom. The van der Waals surface area contributed by atoms with E-state index in [9.17, 15) is 18.0 Å². The predicted molar refractivity (Wildman–Crippen MR) is 71.0 cm³/mol. The molecule has 1 aliphatic heterocycles. The molecule has 1 amide bonds. The number of carboxylic acid groups (broad SMARTS) is 1. The predicted octanol–water partition coefficient (Wildman–Crippen LogP) is -0.0894. The second-order valence-electron chi connectivity index (χ2n) is 4.57. The minimum Gasteiger partial charge on any atom is -0.480 e. The van der Waals surface area contributed by atoms with Gasteiger partial charge in [0, 0.05) is 19.8 Å². The third kappa shape index (κ3) is 2.39. The summed E-state index contributed by atoms with van der Waals surface area (Å²) in [6, 6.07) is 4.35. The summed E-state index contributed by atoms with van der Waals surface area (Å²) < 4.78 is 25.2. The van der Waals surface area contributed by atoms with Gasteiger partial charge in [-0.15, -0.1) is 0 Å². The number of carbonyl (C=O) groups excluding carboxylic acids is 1. The molecular weight excluding hydrogens is 284 g/mol. The van der Waals surface area contributed by atoms with Crippen LogP contribution in [0.4, 0.5) is 5.69 Å².